The standard InChI is InChI=1S/C4H10N5O3P/c1-5-4(6-9(11)12)8(7-10)2-3-13/h2-3,13H2,1H3,(H,5,6). The molecule has 0 saturated heterocycles. The number of nitroso groups, excluding NO2 is 1. The van der Waals surface area contributed by atoms with Crippen molar-refractivity contribution in [1.29, 1.82) is 0 Å². The molecule has 1 unspecified atom stereocenters. The van der Waals surface area contributed by atoms with E-state index in [1.807, 2.05) is 0 Å². The van der Waals surface area contributed by atoms with Crippen molar-refractivity contribution in [2.24, 2.45) is 10.3 Å². The maximum absolute atomic E-state index is 10.2. The lowest BCUT2D eigenvalue weighted by Crippen LogP contribution is -2.41. The summed E-state index contributed by atoms with van der Waals surface area (Å²) in [4.78, 5) is 23.7. The molecule has 0 spiro atoms. The third-order valence-corrected chi connectivity index (χ3v) is 1.35. The SMILES string of the molecule is C/N=C(\N[N+](=O)[O-])N(CCP)N=O. The van der Waals surface area contributed by atoms with Gasteiger partial charge in [-0.2, -0.15) is 5.01 Å². The topological polar surface area (TPSA) is 100 Å². The largest absolute Gasteiger partial charge is 0.279 e. The predicted octanol–water partition coefficient (Wildman–Crippen LogP) is -0.388. The van der Waals surface area contributed by atoms with Crippen molar-refractivity contribution in [3.8, 4) is 0 Å². The molecule has 0 aromatic heterocycles. The minimum atomic E-state index is -0.802. The quantitative estimate of drug-likeness (QED) is 0.169. The zero-order valence-corrected chi connectivity index (χ0v) is 8.16. The first-order valence-corrected chi connectivity index (χ1v) is 4.16. The van der Waals surface area contributed by atoms with Crippen LogP contribution in [0.1, 0.15) is 0 Å². The number of hydrogen-bond donors (Lipinski definition) is 1. The Morgan fingerprint density at radius 1 is 1.77 bits per heavy atom. The van der Waals surface area contributed by atoms with Gasteiger partial charge in [0.25, 0.3) is 5.96 Å². The Hall–Kier alpha value is -1.30. The lowest BCUT2D eigenvalue weighted by atomic mass is 10.7. The predicted molar refractivity (Wildman–Crippen MR) is 50.6 cm³/mol. The minimum Gasteiger partial charge on any atom is -0.250 e. The van der Waals surface area contributed by atoms with E-state index < -0.39 is 5.03 Å². The summed E-state index contributed by atoms with van der Waals surface area (Å²) in [5.41, 5.74) is 1.76. The first kappa shape index (κ1) is 11.7. The molecule has 13 heavy (non-hydrogen) atoms. The van der Waals surface area contributed by atoms with Crippen LogP contribution in [-0.4, -0.2) is 35.8 Å². The van der Waals surface area contributed by atoms with Gasteiger partial charge in [0.15, 0.2) is 5.03 Å². The maximum Gasteiger partial charge on any atom is 0.279 e. The fourth-order valence-electron chi connectivity index (χ4n) is 0.612. The molecule has 1 atom stereocenters. The van der Waals surface area contributed by atoms with Crippen LogP contribution in [-0.2, 0) is 0 Å². The lowest BCUT2D eigenvalue weighted by Gasteiger charge is -2.12. The van der Waals surface area contributed by atoms with Crippen LogP contribution in [0.15, 0.2) is 10.3 Å². The molecule has 0 aromatic carbocycles. The molecule has 0 saturated carbocycles. The molecule has 0 aliphatic heterocycles. The van der Waals surface area contributed by atoms with Crippen LogP contribution in [0.2, 0.25) is 0 Å². The summed E-state index contributed by atoms with van der Waals surface area (Å²) in [6, 6.07) is 0. The van der Waals surface area contributed by atoms with Gasteiger partial charge >= 0.3 is 0 Å². The molecule has 74 valence electrons. The molecule has 0 radical (unpaired) electrons. The van der Waals surface area contributed by atoms with Crippen LogP contribution in [0.4, 0.5) is 0 Å². The molecule has 0 heterocycles. The first-order chi connectivity index (χ1) is 6.15. The van der Waals surface area contributed by atoms with E-state index in [1.165, 1.54) is 7.05 Å². The zero-order chi connectivity index (χ0) is 10.3. The molecule has 1 N–H and O–H groups in total. The van der Waals surface area contributed by atoms with Gasteiger partial charge in [-0.1, -0.05) is 5.43 Å². The summed E-state index contributed by atoms with van der Waals surface area (Å²) in [6.45, 7) is 0.252. The van der Waals surface area contributed by atoms with Gasteiger partial charge in [-0.05, 0) is 6.16 Å². The van der Waals surface area contributed by atoms with E-state index in [1.54, 1.807) is 5.43 Å². The normalized spacial score (nSPS) is 10.8. The summed E-state index contributed by atoms with van der Waals surface area (Å²) >= 11 is 0. The number of aliphatic imine (C=N–C) groups is 1. The molecule has 0 aliphatic rings. The van der Waals surface area contributed by atoms with E-state index >= 15 is 0 Å². The molecule has 0 rings (SSSR count). The van der Waals surface area contributed by atoms with Gasteiger partial charge in [0.05, 0.1) is 11.8 Å². The van der Waals surface area contributed by atoms with Crippen LogP contribution < -0.4 is 5.43 Å². The molecule has 0 aromatic rings. The smallest absolute Gasteiger partial charge is 0.250 e. The maximum atomic E-state index is 10.2. The number of guanidine groups is 1. The number of nitro groups is 1. The Morgan fingerprint density at radius 2 is 2.38 bits per heavy atom. The molecule has 0 amide bonds. The number of hydrazine groups is 1. The second-order valence-corrected chi connectivity index (χ2v) is 2.49. The minimum absolute atomic E-state index is 0.178. The average Bonchev–Trinajstić information content (AvgIpc) is 2.10. The van der Waals surface area contributed by atoms with Gasteiger partial charge in [-0.3, -0.25) is 4.99 Å². The molecular formula is C4H10N5O3P. The number of hydrogen-bond acceptors (Lipinski definition) is 5. The Bertz CT molecular complexity index is 220. The summed E-state index contributed by atoms with van der Waals surface area (Å²) in [7, 11) is 3.70. The average molecular weight is 207 g/mol. The monoisotopic (exact) mass is 207 g/mol. The van der Waals surface area contributed by atoms with Crippen LogP contribution >= 0.6 is 9.24 Å². The van der Waals surface area contributed by atoms with Crippen LogP contribution in [0, 0.1) is 15.0 Å². The highest BCUT2D eigenvalue weighted by Crippen LogP contribution is 1.93. The fourth-order valence-corrected chi connectivity index (χ4v) is 0.857. The Labute approximate surface area is 76.7 Å². The zero-order valence-electron chi connectivity index (χ0n) is 7.01. The van der Waals surface area contributed by atoms with Crippen molar-refractivity contribution in [3.63, 3.8) is 0 Å². The van der Waals surface area contributed by atoms with Crippen LogP contribution in [0.25, 0.3) is 0 Å². The van der Waals surface area contributed by atoms with Gasteiger partial charge < -0.3 is 0 Å². The van der Waals surface area contributed by atoms with E-state index in [4.69, 9.17) is 0 Å². The molecule has 8 nitrogen and oxygen atoms in total. The molecule has 9 heteroatoms. The summed E-state index contributed by atoms with van der Waals surface area (Å²) in [6.07, 6.45) is 0.560. The second-order valence-electron chi connectivity index (χ2n) is 1.91. The van der Waals surface area contributed by atoms with Crippen molar-refractivity contribution in [2.75, 3.05) is 19.8 Å². The van der Waals surface area contributed by atoms with Gasteiger partial charge in [-0.15, -0.1) is 14.1 Å². The second kappa shape index (κ2) is 6.24. The summed E-state index contributed by atoms with van der Waals surface area (Å²) in [5, 5.41) is 12.7. The van der Waals surface area contributed by atoms with E-state index in [9.17, 15) is 15.0 Å². The van der Waals surface area contributed by atoms with Crippen molar-refractivity contribution in [3.05, 3.63) is 15.0 Å². The third-order valence-electron chi connectivity index (χ3n) is 1.09. The van der Waals surface area contributed by atoms with Crippen LogP contribution in [0.5, 0.6) is 0 Å². The van der Waals surface area contributed by atoms with Crippen molar-refractivity contribution >= 4 is 15.2 Å². The molecule has 0 fully saturated rings. The molecule has 0 aliphatic carbocycles. The van der Waals surface area contributed by atoms with E-state index in [2.05, 4.69) is 19.5 Å². The van der Waals surface area contributed by atoms with Crippen LogP contribution in [0.3, 0.4) is 0 Å². The Balaban J connectivity index is 4.35. The Morgan fingerprint density at radius 3 is 2.69 bits per heavy atom. The van der Waals surface area contributed by atoms with E-state index in [-0.39, 0.29) is 12.5 Å². The molecule has 0 bridgehead atoms. The van der Waals surface area contributed by atoms with Gasteiger partial charge in [-0.25, -0.2) is 10.1 Å². The Kier molecular flexibility index (Phi) is 5.62. The van der Waals surface area contributed by atoms with Gasteiger partial charge in [0.1, 0.15) is 0 Å². The van der Waals surface area contributed by atoms with E-state index in [0.29, 0.717) is 6.16 Å². The first-order valence-electron chi connectivity index (χ1n) is 3.34. The number of nitrogens with one attached hydrogen (secondary N) is 1. The highest BCUT2D eigenvalue weighted by Gasteiger charge is 2.14. The summed E-state index contributed by atoms with van der Waals surface area (Å²) in [5.74, 6) is -0.178. The van der Waals surface area contributed by atoms with Crippen molar-refractivity contribution in [1.82, 2.24) is 10.4 Å². The van der Waals surface area contributed by atoms with Gasteiger partial charge in [0, 0.05) is 7.05 Å². The fraction of sp³-hybridized carbons (Fsp3) is 0.750. The number of nitrogens with zero attached hydrogens (tertiary/aromatic N) is 4. The highest BCUT2D eigenvalue weighted by atomic mass is 31.0. The van der Waals surface area contributed by atoms with Gasteiger partial charge in [0.2, 0.25) is 0 Å². The van der Waals surface area contributed by atoms with E-state index in [0.717, 1.165) is 5.01 Å². The lowest BCUT2D eigenvalue weighted by molar-refractivity contribution is -0.526. The number of rotatable bonds is 4. The van der Waals surface area contributed by atoms with Crippen molar-refractivity contribution in [2.45, 2.75) is 0 Å². The summed E-state index contributed by atoms with van der Waals surface area (Å²) < 4.78 is 0. The molecular weight excluding hydrogens is 197 g/mol. The van der Waals surface area contributed by atoms with Crippen molar-refractivity contribution < 1.29 is 5.03 Å². The highest BCUT2D eigenvalue weighted by molar-refractivity contribution is 7.16. The third kappa shape index (κ3) is 4.32.